The smallest absolute Gasteiger partial charge is 0.260 e. The van der Waals surface area contributed by atoms with E-state index >= 15 is 0 Å². The third kappa shape index (κ3) is 3.42. The van der Waals surface area contributed by atoms with Crippen LogP contribution in [0.15, 0.2) is 41.8 Å². The molecule has 1 aromatic heterocycles. The van der Waals surface area contributed by atoms with Crippen molar-refractivity contribution in [3.05, 3.63) is 69.8 Å². The second kappa shape index (κ2) is 6.62. The Labute approximate surface area is 143 Å². The fourth-order valence-electron chi connectivity index (χ4n) is 1.96. The summed E-state index contributed by atoms with van der Waals surface area (Å²) >= 11 is 6.82. The van der Waals surface area contributed by atoms with Gasteiger partial charge in [0.15, 0.2) is 16.8 Å². The lowest BCUT2D eigenvalue weighted by Crippen LogP contribution is -2.13. The van der Waals surface area contributed by atoms with Crippen LogP contribution in [0.3, 0.4) is 0 Å². The molecule has 0 spiro atoms. The highest BCUT2D eigenvalue weighted by molar-refractivity contribution is 7.14. The zero-order valence-electron chi connectivity index (χ0n) is 11.8. The van der Waals surface area contributed by atoms with Crippen LogP contribution in [0, 0.1) is 17.5 Å². The van der Waals surface area contributed by atoms with E-state index in [0.717, 1.165) is 29.5 Å². The zero-order chi connectivity index (χ0) is 17.3. The SMILES string of the molecule is O=C(Nc1nc(-c2ccc(F)c(F)c2)cs1)c1cc(Cl)ccc1F. The first-order valence-corrected chi connectivity index (χ1v) is 7.87. The monoisotopic (exact) mass is 368 g/mol. The number of anilines is 1. The summed E-state index contributed by atoms with van der Waals surface area (Å²) in [5.41, 5.74) is 0.507. The molecule has 1 amide bonds. The van der Waals surface area contributed by atoms with Gasteiger partial charge in [0.1, 0.15) is 5.82 Å². The van der Waals surface area contributed by atoms with Gasteiger partial charge in [0.25, 0.3) is 5.91 Å². The number of amides is 1. The Morgan fingerprint density at radius 2 is 1.79 bits per heavy atom. The Bertz CT molecular complexity index is 929. The highest BCUT2D eigenvalue weighted by atomic mass is 35.5. The average Bonchev–Trinajstić information content (AvgIpc) is 3.00. The van der Waals surface area contributed by atoms with Gasteiger partial charge in [0, 0.05) is 16.0 Å². The van der Waals surface area contributed by atoms with Crippen LogP contribution in [-0.4, -0.2) is 10.9 Å². The lowest BCUT2D eigenvalue weighted by atomic mass is 10.2. The van der Waals surface area contributed by atoms with Crippen LogP contribution in [0.25, 0.3) is 11.3 Å². The molecule has 0 bridgehead atoms. The molecule has 1 N–H and O–H groups in total. The van der Waals surface area contributed by atoms with Crippen molar-refractivity contribution in [2.24, 2.45) is 0 Å². The Balaban J connectivity index is 1.82. The van der Waals surface area contributed by atoms with E-state index in [1.807, 2.05) is 0 Å². The molecule has 0 aliphatic carbocycles. The number of hydrogen-bond acceptors (Lipinski definition) is 3. The molecule has 3 rings (SSSR count). The molecule has 8 heteroatoms. The molecule has 0 radical (unpaired) electrons. The van der Waals surface area contributed by atoms with Crippen LogP contribution in [-0.2, 0) is 0 Å². The van der Waals surface area contributed by atoms with Gasteiger partial charge in [-0.25, -0.2) is 18.2 Å². The topological polar surface area (TPSA) is 42.0 Å². The molecule has 1 heterocycles. The molecular weight excluding hydrogens is 361 g/mol. The number of hydrogen-bond donors (Lipinski definition) is 1. The van der Waals surface area contributed by atoms with Gasteiger partial charge in [-0.15, -0.1) is 11.3 Å². The van der Waals surface area contributed by atoms with E-state index in [9.17, 15) is 18.0 Å². The third-order valence-electron chi connectivity index (χ3n) is 3.11. The van der Waals surface area contributed by atoms with Crippen molar-refractivity contribution >= 4 is 34.0 Å². The highest BCUT2D eigenvalue weighted by Crippen LogP contribution is 2.26. The van der Waals surface area contributed by atoms with E-state index < -0.39 is 23.4 Å². The molecule has 24 heavy (non-hydrogen) atoms. The van der Waals surface area contributed by atoms with E-state index in [4.69, 9.17) is 11.6 Å². The van der Waals surface area contributed by atoms with E-state index in [1.54, 1.807) is 5.38 Å². The fourth-order valence-corrected chi connectivity index (χ4v) is 2.84. The molecule has 3 nitrogen and oxygen atoms in total. The summed E-state index contributed by atoms with van der Waals surface area (Å²) in [6.45, 7) is 0. The average molecular weight is 369 g/mol. The predicted molar refractivity (Wildman–Crippen MR) is 86.8 cm³/mol. The largest absolute Gasteiger partial charge is 0.298 e. The van der Waals surface area contributed by atoms with Gasteiger partial charge < -0.3 is 0 Å². The number of aromatic nitrogens is 1. The van der Waals surface area contributed by atoms with Crippen molar-refractivity contribution in [2.75, 3.05) is 5.32 Å². The lowest BCUT2D eigenvalue weighted by Gasteiger charge is -2.03. The molecule has 3 aromatic rings. The Hall–Kier alpha value is -2.38. The summed E-state index contributed by atoms with van der Waals surface area (Å²) in [5.74, 6) is -3.37. The molecule has 122 valence electrons. The molecule has 0 saturated carbocycles. The summed E-state index contributed by atoms with van der Waals surface area (Å²) in [4.78, 5) is 16.2. The molecule has 0 saturated heterocycles. The number of carbonyl (C=O) groups is 1. The van der Waals surface area contributed by atoms with Gasteiger partial charge >= 0.3 is 0 Å². The van der Waals surface area contributed by atoms with Crippen molar-refractivity contribution < 1.29 is 18.0 Å². The van der Waals surface area contributed by atoms with Crippen LogP contribution in [0.5, 0.6) is 0 Å². The molecule has 2 aromatic carbocycles. The minimum atomic E-state index is -0.993. The van der Waals surface area contributed by atoms with E-state index in [2.05, 4.69) is 10.3 Å². The second-order valence-corrected chi connectivity index (χ2v) is 6.04. The van der Waals surface area contributed by atoms with Crippen LogP contribution in [0.2, 0.25) is 5.02 Å². The fraction of sp³-hybridized carbons (Fsp3) is 0. The zero-order valence-corrected chi connectivity index (χ0v) is 13.4. The first kappa shape index (κ1) is 16.5. The first-order chi connectivity index (χ1) is 11.4. The van der Waals surface area contributed by atoms with Gasteiger partial charge in [0.05, 0.1) is 11.3 Å². The summed E-state index contributed by atoms with van der Waals surface area (Å²) in [6.07, 6.45) is 0. The lowest BCUT2D eigenvalue weighted by molar-refractivity contribution is 0.102. The molecule has 0 aliphatic rings. The summed E-state index contributed by atoms with van der Waals surface area (Å²) in [5, 5.41) is 4.43. The van der Waals surface area contributed by atoms with Gasteiger partial charge in [-0.05, 0) is 36.4 Å². The number of rotatable bonds is 3. The molecule has 0 fully saturated rings. The van der Waals surface area contributed by atoms with Crippen molar-refractivity contribution in [3.8, 4) is 11.3 Å². The van der Waals surface area contributed by atoms with E-state index in [0.29, 0.717) is 11.3 Å². The number of benzene rings is 2. The standard InChI is InChI=1S/C16H8ClF3N2OS/c17-9-2-4-11(18)10(6-9)15(23)22-16-21-14(7-24-16)8-1-3-12(19)13(20)5-8/h1-7H,(H,21,22,23). The summed E-state index contributed by atoms with van der Waals surface area (Å²) in [6, 6.07) is 6.99. The Kier molecular flexibility index (Phi) is 4.55. The van der Waals surface area contributed by atoms with Crippen molar-refractivity contribution in [1.82, 2.24) is 4.98 Å². The Morgan fingerprint density at radius 1 is 1.04 bits per heavy atom. The van der Waals surface area contributed by atoms with Crippen molar-refractivity contribution in [1.29, 1.82) is 0 Å². The molecule has 0 unspecified atom stereocenters. The summed E-state index contributed by atoms with van der Waals surface area (Å²) < 4.78 is 39.9. The van der Waals surface area contributed by atoms with Crippen LogP contribution in [0.1, 0.15) is 10.4 Å². The second-order valence-electron chi connectivity index (χ2n) is 4.75. The first-order valence-electron chi connectivity index (χ1n) is 6.61. The van der Waals surface area contributed by atoms with E-state index in [1.165, 1.54) is 18.2 Å². The van der Waals surface area contributed by atoms with Gasteiger partial charge in [-0.2, -0.15) is 0 Å². The van der Waals surface area contributed by atoms with Crippen molar-refractivity contribution in [2.45, 2.75) is 0 Å². The number of halogens is 4. The maximum absolute atomic E-state index is 13.7. The number of thiazole rings is 1. The minimum absolute atomic E-state index is 0.194. The number of nitrogens with one attached hydrogen (secondary N) is 1. The minimum Gasteiger partial charge on any atom is -0.298 e. The van der Waals surface area contributed by atoms with Gasteiger partial charge in [-0.1, -0.05) is 11.6 Å². The maximum Gasteiger partial charge on any atom is 0.260 e. The Morgan fingerprint density at radius 3 is 2.54 bits per heavy atom. The van der Waals surface area contributed by atoms with Crippen LogP contribution < -0.4 is 5.32 Å². The number of nitrogens with zero attached hydrogens (tertiary/aromatic N) is 1. The van der Waals surface area contributed by atoms with E-state index in [-0.39, 0.29) is 15.7 Å². The van der Waals surface area contributed by atoms with Crippen molar-refractivity contribution in [3.63, 3.8) is 0 Å². The third-order valence-corrected chi connectivity index (χ3v) is 4.11. The summed E-state index contributed by atoms with van der Waals surface area (Å²) in [7, 11) is 0. The highest BCUT2D eigenvalue weighted by Gasteiger charge is 2.15. The van der Waals surface area contributed by atoms with Gasteiger partial charge in [0.2, 0.25) is 0 Å². The quantitative estimate of drug-likeness (QED) is 0.696. The number of carbonyl (C=O) groups excluding carboxylic acids is 1. The molecule has 0 atom stereocenters. The van der Waals surface area contributed by atoms with Gasteiger partial charge in [-0.3, -0.25) is 10.1 Å². The van der Waals surface area contributed by atoms with Crippen LogP contribution >= 0.6 is 22.9 Å². The molecular formula is C16H8ClF3N2OS. The maximum atomic E-state index is 13.7. The normalized spacial score (nSPS) is 10.7. The predicted octanol–water partition coefficient (Wildman–Crippen LogP) is 5.13. The van der Waals surface area contributed by atoms with Crippen LogP contribution in [0.4, 0.5) is 18.3 Å². The molecule has 0 aliphatic heterocycles.